The molecule has 0 aliphatic rings. The zero-order chi connectivity index (χ0) is 20.1. The fraction of sp³-hybridized carbons (Fsp3) is 0.143. The van der Waals surface area contributed by atoms with Gasteiger partial charge in [0.15, 0.2) is 0 Å². The summed E-state index contributed by atoms with van der Waals surface area (Å²) in [6.07, 6.45) is 0. The molecule has 0 aliphatic carbocycles. The Kier molecular flexibility index (Phi) is 6.11. The molecule has 0 aliphatic heterocycles. The van der Waals surface area contributed by atoms with Crippen molar-refractivity contribution in [1.29, 1.82) is 0 Å². The van der Waals surface area contributed by atoms with Gasteiger partial charge in [0, 0.05) is 5.56 Å². The van der Waals surface area contributed by atoms with Crippen LogP contribution in [0.5, 0.6) is 11.5 Å². The van der Waals surface area contributed by atoms with Gasteiger partial charge in [0.05, 0.1) is 31.5 Å². The molecule has 0 amide bonds. The van der Waals surface area contributed by atoms with Crippen LogP contribution in [0.4, 0.5) is 5.69 Å². The fourth-order valence-corrected chi connectivity index (χ4v) is 4.76. The highest BCUT2D eigenvalue weighted by Gasteiger charge is 2.28. The van der Waals surface area contributed by atoms with Gasteiger partial charge < -0.3 is 9.47 Å². The second-order valence-corrected chi connectivity index (χ2v) is 8.19. The number of para-hydroxylation sites is 1. The van der Waals surface area contributed by atoms with Gasteiger partial charge >= 0.3 is 0 Å². The molecular formula is C21H20ClNO4S. The quantitative estimate of drug-likeness (QED) is 0.556. The molecule has 0 aromatic heterocycles. The van der Waals surface area contributed by atoms with Gasteiger partial charge in [0.1, 0.15) is 16.4 Å². The summed E-state index contributed by atoms with van der Waals surface area (Å²) in [5.41, 5.74) is 1.23. The van der Waals surface area contributed by atoms with E-state index in [4.69, 9.17) is 21.1 Å². The summed E-state index contributed by atoms with van der Waals surface area (Å²) in [4.78, 5) is 0.0439. The van der Waals surface area contributed by atoms with E-state index in [1.165, 1.54) is 10.4 Å². The number of hydrogen-bond donors (Lipinski definition) is 0. The minimum atomic E-state index is -3.92. The monoisotopic (exact) mass is 417 g/mol. The lowest BCUT2D eigenvalue weighted by atomic mass is 10.2. The molecule has 3 rings (SSSR count). The topological polar surface area (TPSA) is 55.8 Å². The number of ether oxygens (including phenoxy) is 2. The van der Waals surface area contributed by atoms with E-state index < -0.39 is 10.0 Å². The van der Waals surface area contributed by atoms with E-state index in [9.17, 15) is 8.42 Å². The lowest BCUT2D eigenvalue weighted by Gasteiger charge is -2.26. The van der Waals surface area contributed by atoms with Crippen LogP contribution < -0.4 is 13.8 Å². The number of benzene rings is 3. The van der Waals surface area contributed by atoms with Crippen molar-refractivity contribution < 1.29 is 17.9 Å². The number of halogens is 1. The smallest absolute Gasteiger partial charge is 0.266 e. The molecule has 0 atom stereocenters. The molecule has 7 heteroatoms. The van der Waals surface area contributed by atoms with Gasteiger partial charge in [-0.3, -0.25) is 4.31 Å². The molecule has 28 heavy (non-hydrogen) atoms. The summed E-state index contributed by atoms with van der Waals surface area (Å²) in [7, 11) is -0.810. The normalized spacial score (nSPS) is 11.1. The van der Waals surface area contributed by atoms with E-state index >= 15 is 0 Å². The summed E-state index contributed by atoms with van der Waals surface area (Å²) in [6.45, 7) is 0.0872. The van der Waals surface area contributed by atoms with Crippen LogP contribution in [0.1, 0.15) is 5.56 Å². The highest BCUT2D eigenvalue weighted by Crippen LogP contribution is 2.32. The van der Waals surface area contributed by atoms with Gasteiger partial charge in [0.2, 0.25) is 0 Å². The maximum atomic E-state index is 13.5. The third kappa shape index (κ3) is 4.08. The van der Waals surface area contributed by atoms with Crippen molar-refractivity contribution in [3.63, 3.8) is 0 Å². The highest BCUT2D eigenvalue weighted by atomic mass is 35.5. The molecule has 0 bridgehead atoms. The van der Waals surface area contributed by atoms with E-state index in [1.807, 2.05) is 18.2 Å². The van der Waals surface area contributed by atoms with E-state index in [2.05, 4.69) is 0 Å². The first kappa shape index (κ1) is 20.0. The Hall–Kier alpha value is -2.70. The maximum Gasteiger partial charge on any atom is 0.266 e. The first-order chi connectivity index (χ1) is 13.5. The number of sulfonamides is 1. The van der Waals surface area contributed by atoms with Crippen molar-refractivity contribution >= 4 is 27.3 Å². The Morgan fingerprint density at radius 1 is 0.857 bits per heavy atom. The van der Waals surface area contributed by atoms with Crippen LogP contribution in [-0.2, 0) is 16.6 Å². The zero-order valence-corrected chi connectivity index (χ0v) is 17.1. The molecule has 3 aromatic carbocycles. The van der Waals surface area contributed by atoms with Crippen molar-refractivity contribution in [2.24, 2.45) is 0 Å². The van der Waals surface area contributed by atoms with Crippen LogP contribution in [0.3, 0.4) is 0 Å². The predicted octanol–water partition coefficient (Wildman–Crippen LogP) is 4.75. The average Bonchev–Trinajstić information content (AvgIpc) is 2.72. The van der Waals surface area contributed by atoms with Crippen molar-refractivity contribution in [3.8, 4) is 11.5 Å². The first-order valence-corrected chi connectivity index (χ1v) is 10.3. The molecule has 0 saturated heterocycles. The van der Waals surface area contributed by atoms with Gasteiger partial charge in [0.25, 0.3) is 10.0 Å². The predicted molar refractivity (Wildman–Crippen MR) is 111 cm³/mol. The van der Waals surface area contributed by atoms with Crippen molar-refractivity contribution in [3.05, 3.63) is 83.4 Å². The van der Waals surface area contributed by atoms with E-state index in [1.54, 1.807) is 62.8 Å². The van der Waals surface area contributed by atoms with Gasteiger partial charge in [-0.25, -0.2) is 8.42 Å². The second-order valence-electron chi connectivity index (χ2n) is 5.95. The molecule has 5 nitrogen and oxygen atoms in total. The Morgan fingerprint density at radius 3 is 2.14 bits per heavy atom. The van der Waals surface area contributed by atoms with Crippen molar-refractivity contribution in [1.82, 2.24) is 0 Å². The number of nitrogens with zero attached hydrogens (tertiary/aromatic N) is 1. The molecule has 3 aromatic rings. The Labute approximate surface area is 170 Å². The van der Waals surface area contributed by atoms with Crippen LogP contribution in [0.15, 0.2) is 77.7 Å². The van der Waals surface area contributed by atoms with E-state index in [0.717, 1.165) is 5.56 Å². The maximum absolute atomic E-state index is 13.5. The average molecular weight is 418 g/mol. The fourth-order valence-electron chi connectivity index (χ4n) is 2.82. The van der Waals surface area contributed by atoms with Crippen LogP contribution >= 0.6 is 11.6 Å². The Balaban J connectivity index is 2.12. The largest absolute Gasteiger partial charge is 0.497 e. The minimum Gasteiger partial charge on any atom is -0.497 e. The number of hydrogen-bond acceptors (Lipinski definition) is 4. The summed E-state index contributed by atoms with van der Waals surface area (Å²) in [5.74, 6) is 1.24. The summed E-state index contributed by atoms with van der Waals surface area (Å²) < 4.78 is 38.9. The van der Waals surface area contributed by atoms with Crippen molar-refractivity contribution in [2.75, 3.05) is 18.5 Å². The van der Waals surface area contributed by atoms with Crippen molar-refractivity contribution in [2.45, 2.75) is 11.4 Å². The third-order valence-electron chi connectivity index (χ3n) is 4.27. The molecule has 0 heterocycles. The van der Waals surface area contributed by atoms with Crippen LogP contribution in [-0.4, -0.2) is 22.6 Å². The molecule has 0 radical (unpaired) electrons. The molecule has 146 valence electrons. The number of rotatable bonds is 7. The SMILES string of the molecule is COc1ccc(N(Cc2ccccc2OC)S(=O)(=O)c2ccccc2Cl)cc1. The molecular weight excluding hydrogens is 398 g/mol. The standard InChI is InChI=1S/C21H20ClNO4S/c1-26-18-13-11-17(12-14-18)23(15-16-7-3-5-9-20(16)27-2)28(24,25)21-10-6-4-8-19(21)22/h3-14H,15H2,1-2H3. The minimum absolute atomic E-state index is 0.0439. The van der Waals surface area contributed by atoms with Crippen LogP contribution in [0, 0.1) is 0 Å². The van der Waals surface area contributed by atoms with E-state index in [0.29, 0.717) is 17.2 Å². The second kappa shape index (κ2) is 8.54. The van der Waals surface area contributed by atoms with Crippen LogP contribution in [0.2, 0.25) is 5.02 Å². The highest BCUT2D eigenvalue weighted by molar-refractivity contribution is 7.93. The van der Waals surface area contributed by atoms with Crippen LogP contribution in [0.25, 0.3) is 0 Å². The first-order valence-electron chi connectivity index (χ1n) is 8.50. The number of anilines is 1. The molecule has 0 spiro atoms. The summed E-state index contributed by atoms with van der Waals surface area (Å²) in [6, 6.07) is 20.5. The zero-order valence-electron chi connectivity index (χ0n) is 15.5. The van der Waals surface area contributed by atoms with Gasteiger partial charge in [-0.15, -0.1) is 0 Å². The molecule has 0 N–H and O–H groups in total. The lowest BCUT2D eigenvalue weighted by molar-refractivity contribution is 0.410. The summed E-state index contributed by atoms with van der Waals surface area (Å²) >= 11 is 6.20. The van der Waals surface area contributed by atoms with Gasteiger partial charge in [-0.1, -0.05) is 41.9 Å². The molecule has 0 fully saturated rings. The van der Waals surface area contributed by atoms with Gasteiger partial charge in [-0.2, -0.15) is 0 Å². The molecule has 0 saturated carbocycles. The Bertz CT molecular complexity index is 1050. The van der Waals surface area contributed by atoms with E-state index in [-0.39, 0.29) is 16.5 Å². The summed E-state index contributed by atoms with van der Waals surface area (Å²) in [5, 5.41) is 0.168. The number of methoxy groups -OCH3 is 2. The Morgan fingerprint density at radius 2 is 1.50 bits per heavy atom. The third-order valence-corrected chi connectivity index (χ3v) is 6.55. The van der Waals surface area contributed by atoms with Gasteiger partial charge in [-0.05, 0) is 42.5 Å². The molecule has 0 unspecified atom stereocenters. The lowest BCUT2D eigenvalue weighted by Crippen LogP contribution is -2.31.